The fraction of sp³-hybridized carbons (Fsp3) is 0.333. The van der Waals surface area contributed by atoms with Gasteiger partial charge in [0.1, 0.15) is 11.3 Å². The Kier molecular flexibility index (Phi) is 2.07. The highest BCUT2D eigenvalue weighted by Gasteiger charge is 2.08. The summed E-state index contributed by atoms with van der Waals surface area (Å²) in [5.74, 6) is 1.09. The van der Waals surface area contributed by atoms with E-state index in [1.54, 1.807) is 12.4 Å². The van der Waals surface area contributed by atoms with Crippen molar-refractivity contribution in [3.05, 3.63) is 22.7 Å². The molecule has 3 nitrogen and oxygen atoms in total. The van der Waals surface area contributed by atoms with Gasteiger partial charge in [-0.15, -0.1) is 0 Å². The largest absolute Gasteiger partial charge is 0.330 e. The lowest BCUT2D eigenvalue weighted by Gasteiger charge is -1.99. The first kappa shape index (κ1) is 8.69. The van der Waals surface area contributed by atoms with E-state index in [-0.39, 0.29) is 0 Å². The van der Waals surface area contributed by atoms with Crippen molar-refractivity contribution < 1.29 is 0 Å². The number of pyridine rings is 1. The Morgan fingerprint density at radius 2 is 2.23 bits per heavy atom. The maximum Gasteiger partial charge on any atom is 0.109 e. The number of aromatic nitrogens is 3. The molecule has 0 aromatic carbocycles. The third-order valence-electron chi connectivity index (χ3n) is 2.14. The van der Waals surface area contributed by atoms with Crippen LogP contribution in [0.5, 0.6) is 0 Å². The molecule has 0 amide bonds. The monoisotopic (exact) mass is 239 g/mol. The number of fused-ring (bicyclic) bond motifs is 1. The molecule has 0 saturated carbocycles. The molecule has 0 spiro atoms. The van der Waals surface area contributed by atoms with Crippen molar-refractivity contribution in [3.63, 3.8) is 0 Å². The van der Waals surface area contributed by atoms with Gasteiger partial charge in [0, 0.05) is 19.7 Å². The molecule has 4 heteroatoms. The summed E-state index contributed by atoms with van der Waals surface area (Å²) in [5.41, 5.74) is 2.07. The Hall–Kier alpha value is -0.900. The van der Waals surface area contributed by atoms with Crippen molar-refractivity contribution in [2.24, 2.45) is 7.05 Å². The molecule has 2 heterocycles. The summed E-state index contributed by atoms with van der Waals surface area (Å²) in [6.07, 6.45) is 4.53. The van der Waals surface area contributed by atoms with E-state index >= 15 is 0 Å². The lowest BCUT2D eigenvalue weighted by atomic mass is 10.4. The van der Waals surface area contributed by atoms with E-state index < -0.39 is 0 Å². The second-order valence-electron chi connectivity index (χ2n) is 2.93. The summed E-state index contributed by atoms with van der Waals surface area (Å²) < 4.78 is 3.10. The normalized spacial score (nSPS) is 11.0. The van der Waals surface area contributed by atoms with Crippen LogP contribution in [0, 0.1) is 0 Å². The van der Waals surface area contributed by atoms with Gasteiger partial charge >= 0.3 is 0 Å². The van der Waals surface area contributed by atoms with Crippen LogP contribution >= 0.6 is 15.9 Å². The molecule has 0 bridgehead atoms. The van der Waals surface area contributed by atoms with Gasteiger partial charge in [-0.2, -0.15) is 0 Å². The minimum absolute atomic E-state index is 0.942. The number of halogens is 1. The van der Waals surface area contributed by atoms with Crippen molar-refractivity contribution >= 4 is 27.0 Å². The van der Waals surface area contributed by atoms with Gasteiger partial charge < -0.3 is 4.57 Å². The van der Waals surface area contributed by atoms with Crippen molar-refractivity contribution in [1.82, 2.24) is 14.5 Å². The highest BCUT2D eigenvalue weighted by molar-refractivity contribution is 9.10. The average molecular weight is 240 g/mol. The van der Waals surface area contributed by atoms with Crippen LogP contribution in [0.4, 0.5) is 0 Å². The SMILES string of the molecule is CCc1nc2cncc(Br)c2n1C. The maximum absolute atomic E-state index is 4.46. The van der Waals surface area contributed by atoms with Crippen LogP contribution in [0.2, 0.25) is 0 Å². The number of nitrogens with zero attached hydrogens (tertiary/aromatic N) is 3. The van der Waals surface area contributed by atoms with E-state index in [4.69, 9.17) is 0 Å². The van der Waals surface area contributed by atoms with Crippen molar-refractivity contribution in [3.8, 4) is 0 Å². The lowest BCUT2D eigenvalue weighted by molar-refractivity contribution is 0.828. The Labute approximate surface area is 84.9 Å². The fourth-order valence-corrected chi connectivity index (χ4v) is 2.08. The summed E-state index contributed by atoms with van der Waals surface area (Å²) in [6.45, 7) is 2.10. The van der Waals surface area contributed by atoms with E-state index in [1.807, 2.05) is 7.05 Å². The predicted molar refractivity (Wildman–Crippen MR) is 55.6 cm³/mol. The summed E-state index contributed by atoms with van der Waals surface area (Å²) in [7, 11) is 2.03. The molecular weight excluding hydrogens is 230 g/mol. The number of aryl methyl sites for hydroxylation is 2. The number of rotatable bonds is 1. The number of hydrogen-bond acceptors (Lipinski definition) is 2. The van der Waals surface area contributed by atoms with Crippen molar-refractivity contribution in [2.45, 2.75) is 13.3 Å². The van der Waals surface area contributed by atoms with Gasteiger partial charge in [-0.05, 0) is 15.9 Å². The molecule has 0 radical (unpaired) electrons. The third kappa shape index (κ3) is 1.25. The van der Waals surface area contributed by atoms with Crippen LogP contribution in [0.3, 0.4) is 0 Å². The van der Waals surface area contributed by atoms with E-state index in [9.17, 15) is 0 Å². The van der Waals surface area contributed by atoms with Crippen LogP contribution in [-0.2, 0) is 13.5 Å². The standard InChI is InChI=1S/C9H10BrN3/c1-3-8-12-7-5-11-4-6(10)9(7)13(8)2/h4-5H,3H2,1-2H3. The molecule has 0 aliphatic heterocycles. The van der Waals surface area contributed by atoms with Gasteiger partial charge in [-0.3, -0.25) is 4.98 Å². The maximum atomic E-state index is 4.46. The Morgan fingerprint density at radius 1 is 1.46 bits per heavy atom. The zero-order valence-corrected chi connectivity index (χ0v) is 9.17. The molecule has 0 saturated heterocycles. The van der Waals surface area contributed by atoms with E-state index in [0.29, 0.717) is 0 Å². The smallest absolute Gasteiger partial charge is 0.109 e. The first-order valence-electron chi connectivity index (χ1n) is 4.19. The molecule has 68 valence electrons. The van der Waals surface area contributed by atoms with Crippen LogP contribution < -0.4 is 0 Å². The molecule has 0 atom stereocenters. The van der Waals surface area contributed by atoms with Crippen LogP contribution in [0.15, 0.2) is 16.9 Å². The van der Waals surface area contributed by atoms with Gasteiger partial charge in [0.05, 0.1) is 16.2 Å². The molecule has 0 unspecified atom stereocenters. The number of hydrogen-bond donors (Lipinski definition) is 0. The molecule has 2 aromatic heterocycles. The zero-order chi connectivity index (χ0) is 9.42. The number of imidazole rings is 1. The van der Waals surface area contributed by atoms with Crippen molar-refractivity contribution in [1.29, 1.82) is 0 Å². The second kappa shape index (κ2) is 3.10. The minimum Gasteiger partial charge on any atom is -0.330 e. The van der Waals surface area contributed by atoms with Gasteiger partial charge in [0.2, 0.25) is 0 Å². The minimum atomic E-state index is 0.942. The van der Waals surface area contributed by atoms with Crippen LogP contribution in [0.1, 0.15) is 12.7 Å². The van der Waals surface area contributed by atoms with E-state index in [0.717, 1.165) is 27.8 Å². The topological polar surface area (TPSA) is 30.7 Å². The third-order valence-corrected chi connectivity index (χ3v) is 2.72. The zero-order valence-electron chi connectivity index (χ0n) is 7.58. The Balaban J connectivity index is 2.85. The highest BCUT2D eigenvalue weighted by atomic mass is 79.9. The molecule has 0 aliphatic rings. The lowest BCUT2D eigenvalue weighted by Crippen LogP contribution is -1.95. The molecule has 2 aromatic rings. The molecule has 0 aliphatic carbocycles. The summed E-state index contributed by atoms with van der Waals surface area (Å²) in [6, 6.07) is 0. The second-order valence-corrected chi connectivity index (χ2v) is 3.78. The molecule has 0 N–H and O–H groups in total. The van der Waals surface area contributed by atoms with Crippen LogP contribution in [0.25, 0.3) is 11.0 Å². The molecule has 13 heavy (non-hydrogen) atoms. The van der Waals surface area contributed by atoms with Gasteiger partial charge in [0.25, 0.3) is 0 Å². The fourth-order valence-electron chi connectivity index (χ4n) is 1.49. The molecular formula is C9H10BrN3. The van der Waals surface area contributed by atoms with Crippen molar-refractivity contribution in [2.75, 3.05) is 0 Å². The molecule has 2 rings (SSSR count). The molecule has 0 fully saturated rings. The van der Waals surface area contributed by atoms with Gasteiger partial charge in [-0.1, -0.05) is 6.92 Å². The summed E-state index contributed by atoms with van der Waals surface area (Å²) >= 11 is 3.47. The highest BCUT2D eigenvalue weighted by Crippen LogP contribution is 2.22. The predicted octanol–water partition coefficient (Wildman–Crippen LogP) is 2.29. The quantitative estimate of drug-likeness (QED) is 0.765. The first-order chi connectivity index (χ1) is 6.24. The van der Waals surface area contributed by atoms with Gasteiger partial charge in [-0.25, -0.2) is 4.98 Å². The summed E-state index contributed by atoms with van der Waals surface area (Å²) in [4.78, 5) is 8.54. The van der Waals surface area contributed by atoms with Crippen LogP contribution in [-0.4, -0.2) is 14.5 Å². The summed E-state index contributed by atoms with van der Waals surface area (Å²) in [5, 5.41) is 0. The Morgan fingerprint density at radius 3 is 2.85 bits per heavy atom. The Bertz CT molecular complexity index is 447. The average Bonchev–Trinajstić information content (AvgIpc) is 2.44. The first-order valence-corrected chi connectivity index (χ1v) is 4.98. The van der Waals surface area contributed by atoms with Gasteiger partial charge in [0.15, 0.2) is 0 Å². The van der Waals surface area contributed by atoms with E-state index in [2.05, 4.69) is 37.4 Å². The van der Waals surface area contributed by atoms with E-state index in [1.165, 1.54) is 0 Å².